The van der Waals surface area contributed by atoms with Gasteiger partial charge in [-0.1, -0.05) is 12.6 Å². The minimum Gasteiger partial charge on any atom is -0.507 e. The third-order valence-corrected chi connectivity index (χ3v) is 2.58. The van der Waals surface area contributed by atoms with Gasteiger partial charge < -0.3 is 15.9 Å². The Morgan fingerprint density at radius 2 is 2.12 bits per heavy atom. The predicted octanol–water partition coefficient (Wildman–Crippen LogP) is 1.77. The Balaban J connectivity index is 3.05. The number of phenols is 1. The summed E-state index contributed by atoms with van der Waals surface area (Å²) in [5.41, 5.74) is 6.45. The van der Waals surface area contributed by atoms with E-state index in [1.807, 2.05) is 0 Å². The highest BCUT2D eigenvalue weighted by Crippen LogP contribution is 2.26. The maximum Gasteiger partial charge on any atom is 0.323 e. The first-order valence-electron chi connectivity index (χ1n) is 5.24. The van der Waals surface area contributed by atoms with Crippen LogP contribution in [0.15, 0.2) is 24.8 Å². The topological polar surface area (TPSA) is 83.6 Å². The van der Waals surface area contributed by atoms with Gasteiger partial charge in [0.2, 0.25) is 0 Å². The van der Waals surface area contributed by atoms with Gasteiger partial charge in [-0.2, -0.15) is 0 Å². The Bertz CT molecular complexity index is 464. The van der Waals surface area contributed by atoms with Gasteiger partial charge in [0.05, 0.1) is 0 Å². The third-order valence-electron chi connectivity index (χ3n) is 2.58. The van der Waals surface area contributed by atoms with E-state index >= 15 is 0 Å². The fraction of sp³-hybridized carbons (Fsp3) is 0.308. The molecule has 1 rings (SSSR count). The molecule has 4 nitrogen and oxygen atoms in total. The standard InChI is InChI=1S/C13H17NO3/c1-8(2)10-6-9(4-5-11(10)15)7-13(3,14)12(16)17/h4-6,15H,1,7,14H2,2-3H3,(H,16,17)/t13-/m0/s1. The van der Waals surface area contributed by atoms with Gasteiger partial charge in [-0.25, -0.2) is 0 Å². The lowest BCUT2D eigenvalue weighted by molar-refractivity contribution is -0.142. The van der Waals surface area contributed by atoms with Gasteiger partial charge in [0.15, 0.2) is 0 Å². The molecule has 0 amide bonds. The number of carboxylic acids is 1. The van der Waals surface area contributed by atoms with E-state index in [1.165, 1.54) is 13.0 Å². The van der Waals surface area contributed by atoms with Crippen LogP contribution in [-0.2, 0) is 11.2 Å². The molecule has 0 heterocycles. The Labute approximate surface area is 100 Å². The van der Waals surface area contributed by atoms with E-state index in [1.54, 1.807) is 19.1 Å². The van der Waals surface area contributed by atoms with Crippen LogP contribution in [-0.4, -0.2) is 21.7 Å². The Hall–Kier alpha value is -1.81. The molecule has 0 fully saturated rings. The molecule has 4 N–H and O–H groups in total. The maximum absolute atomic E-state index is 10.9. The Morgan fingerprint density at radius 1 is 1.53 bits per heavy atom. The van der Waals surface area contributed by atoms with Crippen LogP contribution < -0.4 is 5.73 Å². The zero-order valence-corrected chi connectivity index (χ0v) is 10.0. The molecular formula is C13H17NO3. The van der Waals surface area contributed by atoms with Crippen LogP contribution in [0, 0.1) is 0 Å². The zero-order valence-electron chi connectivity index (χ0n) is 10.0. The molecule has 1 aromatic carbocycles. The van der Waals surface area contributed by atoms with Crippen molar-refractivity contribution in [3.05, 3.63) is 35.9 Å². The van der Waals surface area contributed by atoms with Gasteiger partial charge in [-0.15, -0.1) is 0 Å². The monoisotopic (exact) mass is 235 g/mol. The molecule has 1 atom stereocenters. The van der Waals surface area contributed by atoms with E-state index < -0.39 is 11.5 Å². The number of aliphatic carboxylic acids is 1. The van der Waals surface area contributed by atoms with E-state index in [-0.39, 0.29) is 12.2 Å². The third kappa shape index (κ3) is 3.07. The molecule has 17 heavy (non-hydrogen) atoms. The van der Waals surface area contributed by atoms with Crippen molar-refractivity contribution in [1.29, 1.82) is 0 Å². The number of carbonyl (C=O) groups is 1. The number of hydrogen-bond donors (Lipinski definition) is 3. The summed E-state index contributed by atoms with van der Waals surface area (Å²) in [5.74, 6) is -0.919. The number of benzene rings is 1. The number of phenolic OH excluding ortho intramolecular Hbond substituents is 1. The van der Waals surface area contributed by atoms with Crippen LogP contribution in [0.1, 0.15) is 25.0 Å². The van der Waals surface area contributed by atoms with Crippen molar-refractivity contribution >= 4 is 11.5 Å². The summed E-state index contributed by atoms with van der Waals surface area (Å²) in [6.07, 6.45) is 0.197. The van der Waals surface area contributed by atoms with Crippen LogP contribution >= 0.6 is 0 Å². The largest absolute Gasteiger partial charge is 0.507 e. The van der Waals surface area contributed by atoms with Gasteiger partial charge in [0, 0.05) is 12.0 Å². The van der Waals surface area contributed by atoms with Crippen LogP contribution in [0.2, 0.25) is 0 Å². The van der Waals surface area contributed by atoms with Crippen molar-refractivity contribution in [2.75, 3.05) is 0 Å². The fourth-order valence-corrected chi connectivity index (χ4v) is 1.53. The summed E-state index contributed by atoms with van der Waals surface area (Å²) in [6, 6.07) is 4.90. The first-order chi connectivity index (χ1) is 7.74. The molecule has 1 aromatic rings. The molecular weight excluding hydrogens is 218 g/mol. The average Bonchev–Trinajstić information content (AvgIpc) is 2.20. The van der Waals surface area contributed by atoms with Gasteiger partial charge in [0.1, 0.15) is 11.3 Å². The molecule has 0 radical (unpaired) electrons. The zero-order chi connectivity index (χ0) is 13.2. The minimum atomic E-state index is -1.32. The second-order valence-electron chi connectivity index (χ2n) is 4.53. The average molecular weight is 235 g/mol. The SMILES string of the molecule is C=C(C)c1cc(C[C@](C)(N)C(=O)O)ccc1O. The normalized spacial score (nSPS) is 14.1. The van der Waals surface area contributed by atoms with Gasteiger partial charge >= 0.3 is 5.97 Å². The van der Waals surface area contributed by atoms with Crippen molar-refractivity contribution < 1.29 is 15.0 Å². The molecule has 4 heteroatoms. The minimum absolute atomic E-state index is 0.135. The van der Waals surface area contributed by atoms with Crippen molar-refractivity contribution in [3.63, 3.8) is 0 Å². The number of aromatic hydroxyl groups is 1. The molecule has 0 aliphatic heterocycles. The van der Waals surface area contributed by atoms with Gasteiger partial charge in [-0.3, -0.25) is 4.79 Å². The highest BCUT2D eigenvalue weighted by Gasteiger charge is 2.28. The molecule has 0 saturated heterocycles. The molecule has 0 aromatic heterocycles. The van der Waals surface area contributed by atoms with Crippen LogP contribution in [0.3, 0.4) is 0 Å². The highest BCUT2D eigenvalue weighted by atomic mass is 16.4. The number of nitrogens with two attached hydrogens (primary N) is 1. The highest BCUT2D eigenvalue weighted by molar-refractivity contribution is 5.78. The van der Waals surface area contributed by atoms with Crippen LogP contribution in [0.5, 0.6) is 5.75 Å². The maximum atomic E-state index is 10.9. The summed E-state index contributed by atoms with van der Waals surface area (Å²) in [5, 5.41) is 18.5. The smallest absolute Gasteiger partial charge is 0.323 e. The van der Waals surface area contributed by atoms with Gasteiger partial charge in [-0.05, 0) is 37.1 Å². The number of hydrogen-bond acceptors (Lipinski definition) is 3. The van der Waals surface area contributed by atoms with E-state index in [0.29, 0.717) is 5.56 Å². The van der Waals surface area contributed by atoms with E-state index in [2.05, 4.69) is 6.58 Å². The van der Waals surface area contributed by atoms with Crippen molar-refractivity contribution in [2.24, 2.45) is 5.73 Å². The molecule has 92 valence electrons. The lowest BCUT2D eigenvalue weighted by atomic mass is 9.92. The summed E-state index contributed by atoms with van der Waals surface area (Å²) in [6.45, 7) is 6.99. The quantitative estimate of drug-likeness (QED) is 0.742. The van der Waals surface area contributed by atoms with E-state index in [4.69, 9.17) is 10.8 Å². The molecule has 0 unspecified atom stereocenters. The van der Waals surface area contributed by atoms with Gasteiger partial charge in [0.25, 0.3) is 0 Å². The Morgan fingerprint density at radius 3 is 2.59 bits per heavy atom. The lowest BCUT2D eigenvalue weighted by Crippen LogP contribution is -2.46. The molecule has 0 spiro atoms. The molecule has 0 saturated carbocycles. The van der Waals surface area contributed by atoms with Crippen molar-refractivity contribution in [1.82, 2.24) is 0 Å². The summed E-state index contributed by atoms with van der Waals surface area (Å²) in [7, 11) is 0. The van der Waals surface area contributed by atoms with Crippen LogP contribution in [0.4, 0.5) is 0 Å². The number of rotatable bonds is 4. The predicted molar refractivity (Wildman–Crippen MR) is 66.7 cm³/mol. The second-order valence-corrected chi connectivity index (χ2v) is 4.53. The lowest BCUT2D eigenvalue weighted by Gasteiger charge is -2.19. The Kier molecular flexibility index (Phi) is 3.58. The van der Waals surface area contributed by atoms with Crippen molar-refractivity contribution in [2.45, 2.75) is 25.8 Å². The summed E-state index contributed by atoms with van der Waals surface area (Å²) in [4.78, 5) is 10.9. The second kappa shape index (κ2) is 4.59. The molecule has 0 aliphatic carbocycles. The molecule has 0 bridgehead atoms. The summed E-state index contributed by atoms with van der Waals surface area (Å²) < 4.78 is 0. The van der Waals surface area contributed by atoms with E-state index in [0.717, 1.165) is 11.1 Å². The number of carboxylic acid groups (broad SMARTS) is 1. The van der Waals surface area contributed by atoms with Crippen LogP contribution in [0.25, 0.3) is 5.57 Å². The van der Waals surface area contributed by atoms with Crippen molar-refractivity contribution in [3.8, 4) is 5.75 Å². The first-order valence-corrected chi connectivity index (χ1v) is 5.24. The van der Waals surface area contributed by atoms with E-state index in [9.17, 15) is 9.90 Å². The fourth-order valence-electron chi connectivity index (χ4n) is 1.53. The first kappa shape index (κ1) is 13.3. The number of allylic oxidation sites excluding steroid dienone is 1. The summed E-state index contributed by atoms with van der Waals surface area (Å²) >= 11 is 0. The molecule has 0 aliphatic rings.